The van der Waals surface area contributed by atoms with Gasteiger partial charge in [0.2, 0.25) is 0 Å². The van der Waals surface area contributed by atoms with Gasteiger partial charge in [-0.1, -0.05) is 35.9 Å². The van der Waals surface area contributed by atoms with E-state index in [0.717, 1.165) is 25.1 Å². The molecule has 2 aliphatic rings. The van der Waals surface area contributed by atoms with Gasteiger partial charge in [0.1, 0.15) is 5.60 Å². The average molecular weight is 345 g/mol. The molecule has 2 aromatic carbocycles. The molecule has 24 heavy (non-hydrogen) atoms. The maximum Gasteiger partial charge on any atom is 0.271 e. The normalized spacial score (nSPS) is 22.6. The van der Waals surface area contributed by atoms with Crippen LogP contribution in [0.25, 0.3) is 0 Å². The van der Waals surface area contributed by atoms with Crippen LogP contribution in [-0.2, 0) is 16.8 Å². The van der Waals surface area contributed by atoms with Crippen molar-refractivity contribution in [2.75, 3.05) is 24.6 Å². The van der Waals surface area contributed by atoms with E-state index in [9.17, 15) is 10.1 Å². The molecular formula is C18H17ClN2O3. The summed E-state index contributed by atoms with van der Waals surface area (Å²) in [4.78, 5) is 12.6. The van der Waals surface area contributed by atoms with Crippen LogP contribution < -0.4 is 4.90 Å². The summed E-state index contributed by atoms with van der Waals surface area (Å²) in [5, 5.41) is 11.3. The largest absolute Gasteiger partial charge is 0.367 e. The molecule has 0 radical (unpaired) electrons. The van der Waals surface area contributed by atoms with Gasteiger partial charge < -0.3 is 9.64 Å². The zero-order valence-electron chi connectivity index (χ0n) is 13.1. The van der Waals surface area contributed by atoms with Crippen LogP contribution in [0.1, 0.15) is 17.5 Å². The Kier molecular flexibility index (Phi) is 3.70. The van der Waals surface area contributed by atoms with Crippen LogP contribution in [0.5, 0.6) is 0 Å². The molecule has 1 spiro atoms. The highest BCUT2D eigenvalue weighted by molar-refractivity contribution is 6.33. The van der Waals surface area contributed by atoms with Crippen molar-refractivity contribution < 1.29 is 9.66 Å². The first kappa shape index (κ1) is 15.4. The molecule has 6 heteroatoms. The van der Waals surface area contributed by atoms with Gasteiger partial charge in [0.15, 0.2) is 0 Å². The molecule has 4 rings (SSSR count). The zero-order chi connectivity index (χ0) is 16.7. The van der Waals surface area contributed by atoms with E-state index in [2.05, 4.69) is 23.1 Å². The van der Waals surface area contributed by atoms with Gasteiger partial charge in [0, 0.05) is 18.7 Å². The second-order valence-corrected chi connectivity index (χ2v) is 6.72. The lowest BCUT2D eigenvalue weighted by molar-refractivity contribution is -0.384. The smallest absolute Gasteiger partial charge is 0.271 e. The molecule has 0 amide bonds. The van der Waals surface area contributed by atoms with Crippen LogP contribution in [0.15, 0.2) is 42.5 Å². The van der Waals surface area contributed by atoms with Crippen molar-refractivity contribution in [2.24, 2.45) is 0 Å². The first-order valence-corrected chi connectivity index (χ1v) is 8.38. The minimum absolute atomic E-state index is 0.0120. The molecule has 1 fully saturated rings. The summed E-state index contributed by atoms with van der Waals surface area (Å²) < 4.78 is 6.21. The highest BCUT2D eigenvalue weighted by atomic mass is 35.5. The predicted octanol–water partition coefficient (Wildman–Crippen LogP) is 3.93. The number of nitro groups is 1. The van der Waals surface area contributed by atoms with Crippen molar-refractivity contribution in [3.8, 4) is 0 Å². The summed E-state index contributed by atoms with van der Waals surface area (Å²) in [6.07, 6.45) is 1.96. The first-order valence-electron chi connectivity index (χ1n) is 8.00. The number of morpholine rings is 1. The van der Waals surface area contributed by atoms with Crippen LogP contribution in [0.4, 0.5) is 11.4 Å². The predicted molar refractivity (Wildman–Crippen MR) is 92.7 cm³/mol. The van der Waals surface area contributed by atoms with Crippen molar-refractivity contribution in [1.29, 1.82) is 0 Å². The minimum atomic E-state index is -0.427. The SMILES string of the molecule is O=[N+]([O-])c1ccc(N2CCOC3(CCc4ccccc43)C2)c(Cl)c1. The van der Waals surface area contributed by atoms with E-state index in [1.165, 1.54) is 23.3 Å². The molecule has 0 saturated carbocycles. The number of rotatable bonds is 2. The van der Waals surface area contributed by atoms with Crippen molar-refractivity contribution in [1.82, 2.24) is 0 Å². The van der Waals surface area contributed by atoms with Crippen LogP contribution >= 0.6 is 11.6 Å². The molecule has 0 bridgehead atoms. The molecule has 1 atom stereocenters. The molecule has 1 saturated heterocycles. The number of fused-ring (bicyclic) bond motifs is 2. The van der Waals surface area contributed by atoms with Crippen LogP contribution in [0.3, 0.4) is 0 Å². The Hall–Kier alpha value is -2.11. The monoisotopic (exact) mass is 344 g/mol. The Bertz CT molecular complexity index is 807. The van der Waals surface area contributed by atoms with E-state index in [-0.39, 0.29) is 11.3 Å². The molecule has 124 valence electrons. The fraction of sp³-hybridized carbons (Fsp3) is 0.333. The number of nitrogens with zero attached hydrogens (tertiary/aromatic N) is 2. The number of hydrogen-bond acceptors (Lipinski definition) is 4. The Morgan fingerprint density at radius 2 is 2.08 bits per heavy atom. The fourth-order valence-electron chi connectivity index (χ4n) is 3.82. The Morgan fingerprint density at radius 1 is 1.25 bits per heavy atom. The summed E-state index contributed by atoms with van der Waals surface area (Å²) in [5.41, 5.74) is 3.13. The molecule has 0 N–H and O–H groups in total. The van der Waals surface area contributed by atoms with Crippen LogP contribution in [0.2, 0.25) is 5.02 Å². The third kappa shape index (κ3) is 2.44. The number of anilines is 1. The summed E-state index contributed by atoms with van der Waals surface area (Å²) >= 11 is 6.32. The second-order valence-electron chi connectivity index (χ2n) is 6.31. The Labute approximate surface area is 144 Å². The highest BCUT2D eigenvalue weighted by Crippen LogP contribution is 2.44. The molecule has 1 aliphatic carbocycles. The third-order valence-corrected chi connectivity index (χ3v) is 5.28. The van der Waals surface area contributed by atoms with Crippen molar-refractivity contribution in [3.05, 3.63) is 68.7 Å². The Morgan fingerprint density at radius 3 is 2.88 bits per heavy atom. The second kappa shape index (κ2) is 5.76. The van der Waals surface area contributed by atoms with E-state index in [4.69, 9.17) is 16.3 Å². The molecule has 1 unspecified atom stereocenters. The number of ether oxygens (including phenoxy) is 1. The van der Waals surface area contributed by atoms with Gasteiger partial charge in [-0.15, -0.1) is 0 Å². The maximum absolute atomic E-state index is 10.9. The van der Waals surface area contributed by atoms with Crippen molar-refractivity contribution >= 4 is 23.0 Å². The lowest BCUT2D eigenvalue weighted by Gasteiger charge is -2.42. The number of halogens is 1. The third-order valence-electron chi connectivity index (χ3n) is 4.97. The first-order chi connectivity index (χ1) is 11.6. The van der Waals surface area contributed by atoms with E-state index in [1.54, 1.807) is 6.07 Å². The fourth-order valence-corrected chi connectivity index (χ4v) is 4.12. The van der Waals surface area contributed by atoms with Gasteiger partial charge in [0.25, 0.3) is 5.69 Å². The molecular weight excluding hydrogens is 328 g/mol. The number of nitro benzene ring substituents is 1. The van der Waals surface area contributed by atoms with E-state index < -0.39 is 4.92 Å². The van der Waals surface area contributed by atoms with Crippen LogP contribution in [0, 0.1) is 10.1 Å². The number of non-ortho nitro benzene ring substituents is 1. The number of hydrogen-bond donors (Lipinski definition) is 0. The van der Waals surface area contributed by atoms with Gasteiger partial charge in [-0.05, 0) is 30.0 Å². The molecule has 5 nitrogen and oxygen atoms in total. The average Bonchev–Trinajstić information content (AvgIpc) is 2.93. The zero-order valence-corrected chi connectivity index (χ0v) is 13.8. The Balaban J connectivity index is 1.66. The summed E-state index contributed by atoms with van der Waals surface area (Å²) in [7, 11) is 0. The topological polar surface area (TPSA) is 55.6 Å². The summed E-state index contributed by atoms with van der Waals surface area (Å²) in [6, 6.07) is 13.1. The molecule has 1 aliphatic heterocycles. The molecule has 1 heterocycles. The maximum atomic E-state index is 10.9. The van der Waals surface area contributed by atoms with Crippen molar-refractivity contribution in [2.45, 2.75) is 18.4 Å². The quantitative estimate of drug-likeness (QED) is 0.612. The molecule has 0 aromatic heterocycles. The minimum Gasteiger partial charge on any atom is -0.367 e. The van der Waals surface area contributed by atoms with Crippen LogP contribution in [-0.4, -0.2) is 24.6 Å². The van der Waals surface area contributed by atoms with E-state index in [1.807, 2.05) is 6.07 Å². The van der Waals surface area contributed by atoms with Gasteiger partial charge in [-0.25, -0.2) is 0 Å². The van der Waals surface area contributed by atoms with E-state index >= 15 is 0 Å². The lowest BCUT2D eigenvalue weighted by Crippen LogP contribution is -2.49. The van der Waals surface area contributed by atoms with Gasteiger partial charge in [-0.3, -0.25) is 10.1 Å². The van der Waals surface area contributed by atoms with Gasteiger partial charge in [-0.2, -0.15) is 0 Å². The van der Waals surface area contributed by atoms with Gasteiger partial charge in [0.05, 0.1) is 28.8 Å². The van der Waals surface area contributed by atoms with Crippen molar-refractivity contribution in [3.63, 3.8) is 0 Å². The standard InChI is InChI=1S/C18H17ClN2O3/c19-16-11-14(21(22)23)5-6-17(16)20-9-10-24-18(12-20)8-7-13-3-1-2-4-15(13)18/h1-6,11H,7-10,12H2. The lowest BCUT2D eigenvalue weighted by atomic mass is 9.93. The number of benzene rings is 2. The van der Waals surface area contributed by atoms with E-state index in [0.29, 0.717) is 18.2 Å². The number of aryl methyl sites for hydroxylation is 1. The highest BCUT2D eigenvalue weighted by Gasteiger charge is 2.43. The summed E-state index contributed by atoms with van der Waals surface area (Å²) in [5.74, 6) is 0. The molecule has 2 aromatic rings. The van der Waals surface area contributed by atoms with Gasteiger partial charge >= 0.3 is 0 Å². The summed E-state index contributed by atoms with van der Waals surface area (Å²) in [6.45, 7) is 2.05.